The lowest BCUT2D eigenvalue weighted by atomic mass is 9.97. The van der Waals surface area contributed by atoms with Crippen molar-refractivity contribution in [2.45, 2.75) is 26.4 Å². The fraction of sp³-hybridized carbons (Fsp3) is 0.154. The predicted molar refractivity (Wildman–Crippen MR) is 126 cm³/mol. The zero-order valence-electron chi connectivity index (χ0n) is 19.0. The first-order chi connectivity index (χ1) is 16.4. The van der Waals surface area contributed by atoms with Crippen LogP contribution in [-0.2, 0) is 4.74 Å². The predicted octanol–water partition coefficient (Wildman–Crippen LogP) is 6.47. The molecule has 1 heterocycles. The van der Waals surface area contributed by atoms with Gasteiger partial charge in [-0.25, -0.2) is 14.0 Å². The molecule has 0 amide bonds. The molecule has 3 aromatic carbocycles. The molecule has 0 aliphatic carbocycles. The number of carbonyl (C=O) groups is 2. The van der Waals surface area contributed by atoms with Crippen molar-refractivity contribution in [3.63, 3.8) is 0 Å². The largest absolute Gasteiger partial charge is 0.478 e. The Morgan fingerprint density at radius 1 is 1.03 bits per heavy atom. The van der Waals surface area contributed by atoms with Gasteiger partial charge in [0.1, 0.15) is 28.3 Å². The Morgan fingerprint density at radius 2 is 1.71 bits per heavy atom. The lowest BCUT2D eigenvalue weighted by molar-refractivity contribution is -0.384. The summed E-state index contributed by atoms with van der Waals surface area (Å²) in [6, 6.07) is 13.6. The Labute approximate surface area is 198 Å². The van der Waals surface area contributed by atoms with Crippen LogP contribution >= 0.6 is 0 Å². The smallest absolute Gasteiger partial charge is 0.340 e. The minimum Gasteiger partial charge on any atom is -0.478 e. The summed E-state index contributed by atoms with van der Waals surface area (Å²) in [4.78, 5) is 36.0. The third kappa shape index (κ3) is 4.74. The molecule has 0 fully saturated rings. The van der Waals surface area contributed by atoms with E-state index in [9.17, 15) is 29.2 Å². The molecule has 4 rings (SSSR count). The maximum atomic E-state index is 13.4. The van der Waals surface area contributed by atoms with Gasteiger partial charge in [-0.1, -0.05) is 12.1 Å². The van der Waals surface area contributed by atoms with Crippen LogP contribution in [0.25, 0.3) is 33.4 Å². The number of hydrogen-bond donors (Lipinski definition) is 1. The van der Waals surface area contributed by atoms with Crippen LogP contribution in [0.2, 0.25) is 0 Å². The molecular formula is C26H20FNO7. The van der Waals surface area contributed by atoms with E-state index in [0.717, 1.165) is 18.2 Å². The van der Waals surface area contributed by atoms with Gasteiger partial charge in [0.2, 0.25) is 0 Å². The van der Waals surface area contributed by atoms with Crippen molar-refractivity contribution in [2.24, 2.45) is 0 Å². The summed E-state index contributed by atoms with van der Waals surface area (Å²) < 4.78 is 24.5. The van der Waals surface area contributed by atoms with Gasteiger partial charge >= 0.3 is 11.9 Å². The van der Waals surface area contributed by atoms with Crippen molar-refractivity contribution in [3.05, 3.63) is 87.7 Å². The van der Waals surface area contributed by atoms with Gasteiger partial charge in [-0.3, -0.25) is 10.1 Å². The number of ether oxygens (including phenoxy) is 1. The van der Waals surface area contributed by atoms with Gasteiger partial charge in [-0.2, -0.15) is 0 Å². The molecule has 0 radical (unpaired) electrons. The van der Waals surface area contributed by atoms with E-state index in [1.54, 1.807) is 32.9 Å². The summed E-state index contributed by atoms with van der Waals surface area (Å²) in [5.41, 5.74) is -0.394. The average molecular weight is 477 g/mol. The molecule has 0 unspecified atom stereocenters. The summed E-state index contributed by atoms with van der Waals surface area (Å²) in [6.45, 7) is 5.16. The van der Waals surface area contributed by atoms with Crippen molar-refractivity contribution < 1.29 is 33.2 Å². The molecule has 35 heavy (non-hydrogen) atoms. The number of nitro benzene ring substituents is 1. The quantitative estimate of drug-likeness (QED) is 0.199. The highest BCUT2D eigenvalue weighted by Crippen LogP contribution is 2.40. The Balaban J connectivity index is 1.93. The topological polar surface area (TPSA) is 120 Å². The first-order valence-electron chi connectivity index (χ1n) is 10.5. The Hall–Kier alpha value is -4.53. The number of halogens is 1. The van der Waals surface area contributed by atoms with Crippen molar-refractivity contribution in [1.29, 1.82) is 0 Å². The molecule has 0 aliphatic heterocycles. The second kappa shape index (κ2) is 8.68. The molecule has 0 aliphatic rings. The average Bonchev–Trinajstić information content (AvgIpc) is 3.16. The molecule has 0 spiro atoms. The van der Waals surface area contributed by atoms with Crippen LogP contribution in [0.5, 0.6) is 0 Å². The monoisotopic (exact) mass is 477 g/mol. The van der Waals surface area contributed by atoms with Crippen LogP contribution in [0.1, 0.15) is 41.5 Å². The Morgan fingerprint density at radius 3 is 2.31 bits per heavy atom. The van der Waals surface area contributed by atoms with Crippen molar-refractivity contribution in [3.8, 4) is 22.5 Å². The van der Waals surface area contributed by atoms with E-state index in [2.05, 4.69) is 0 Å². The number of benzene rings is 3. The van der Waals surface area contributed by atoms with Crippen molar-refractivity contribution in [1.82, 2.24) is 0 Å². The standard InChI is InChI=1S/C26H20FNO7/c1-26(2,3)35-25(31)16-6-4-5-15(11-16)18-12-19-21(13-20(18)28(32)33)34-23(22(19)24(29)30)14-7-9-17(27)10-8-14/h4-13H,1-3H3,(H,29,30). The van der Waals surface area contributed by atoms with Crippen LogP contribution in [0, 0.1) is 15.9 Å². The van der Waals surface area contributed by atoms with Crippen molar-refractivity contribution >= 4 is 28.6 Å². The third-order valence-corrected chi connectivity index (χ3v) is 5.13. The number of rotatable bonds is 5. The van der Waals surface area contributed by atoms with Gasteiger partial charge < -0.3 is 14.3 Å². The van der Waals surface area contributed by atoms with Gasteiger partial charge in [0.15, 0.2) is 0 Å². The number of furan rings is 1. The van der Waals surface area contributed by atoms with Crippen LogP contribution in [0.3, 0.4) is 0 Å². The Kier molecular flexibility index (Phi) is 5.86. The van der Waals surface area contributed by atoms with E-state index in [4.69, 9.17) is 9.15 Å². The lowest BCUT2D eigenvalue weighted by Gasteiger charge is -2.19. The molecule has 9 heteroatoms. The van der Waals surface area contributed by atoms with Crippen LogP contribution in [0.15, 0.2) is 65.1 Å². The summed E-state index contributed by atoms with van der Waals surface area (Å²) in [5.74, 6) is -2.48. The number of aromatic carboxylic acids is 1. The van der Waals surface area contributed by atoms with E-state index in [1.807, 2.05) is 0 Å². The van der Waals surface area contributed by atoms with E-state index in [-0.39, 0.29) is 39.1 Å². The first kappa shape index (κ1) is 23.6. The molecule has 178 valence electrons. The number of hydrogen-bond acceptors (Lipinski definition) is 6. The molecule has 1 N–H and O–H groups in total. The maximum Gasteiger partial charge on any atom is 0.340 e. The molecule has 0 saturated heterocycles. The SMILES string of the molecule is CC(C)(C)OC(=O)c1cccc(-c2cc3c(C(=O)O)c(-c4ccc(F)cc4)oc3cc2[N+](=O)[O-])c1. The highest BCUT2D eigenvalue weighted by molar-refractivity contribution is 6.10. The van der Waals surface area contributed by atoms with Crippen LogP contribution in [-0.4, -0.2) is 27.6 Å². The zero-order chi connectivity index (χ0) is 25.5. The normalized spacial score (nSPS) is 11.4. The molecule has 0 atom stereocenters. The van der Waals surface area contributed by atoms with Gasteiger partial charge in [0.05, 0.1) is 22.1 Å². The van der Waals surface area contributed by atoms with Gasteiger partial charge in [0, 0.05) is 10.9 Å². The highest BCUT2D eigenvalue weighted by atomic mass is 19.1. The molecule has 0 bridgehead atoms. The van der Waals surface area contributed by atoms with Crippen molar-refractivity contribution in [2.75, 3.05) is 0 Å². The van der Waals surface area contributed by atoms with Crippen LogP contribution in [0.4, 0.5) is 10.1 Å². The number of nitrogens with zero attached hydrogens (tertiary/aromatic N) is 1. The summed E-state index contributed by atoms with van der Waals surface area (Å²) in [5, 5.41) is 21.9. The fourth-order valence-corrected chi connectivity index (χ4v) is 3.68. The third-order valence-electron chi connectivity index (χ3n) is 5.13. The van der Waals surface area contributed by atoms with Gasteiger partial charge in [-0.15, -0.1) is 0 Å². The summed E-state index contributed by atoms with van der Waals surface area (Å²) in [6.07, 6.45) is 0. The lowest BCUT2D eigenvalue weighted by Crippen LogP contribution is -2.23. The fourth-order valence-electron chi connectivity index (χ4n) is 3.68. The second-order valence-electron chi connectivity index (χ2n) is 8.82. The summed E-state index contributed by atoms with van der Waals surface area (Å²) >= 11 is 0. The van der Waals surface area contributed by atoms with Gasteiger partial charge in [-0.05, 0) is 68.8 Å². The first-order valence-corrected chi connectivity index (χ1v) is 10.5. The van der Waals surface area contributed by atoms with E-state index >= 15 is 0 Å². The van der Waals surface area contributed by atoms with E-state index in [0.29, 0.717) is 11.1 Å². The summed E-state index contributed by atoms with van der Waals surface area (Å²) in [7, 11) is 0. The molecule has 8 nitrogen and oxygen atoms in total. The van der Waals surface area contributed by atoms with Gasteiger partial charge in [0.25, 0.3) is 5.69 Å². The van der Waals surface area contributed by atoms with E-state index < -0.39 is 28.3 Å². The number of carboxylic acid groups (broad SMARTS) is 1. The molecule has 1 aromatic heterocycles. The number of carbonyl (C=O) groups excluding carboxylic acids is 1. The zero-order valence-corrected chi connectivity index (χ0v) is 19.0. The number of esters is 1. The molecule has 4 aromatic rings. The van der Waals surface area contributed by atoms with Crippen LogP contribution < -0.4 is 0 Å². The van der Waals surface area contributed by atoms with E-state index in [1.165, 1.54) is 30.3 Å². The second-order valence-corrected chi connectivity index (χ2v) is 8.82. The molecule has 0 saturated carbocycles. The Bertz CT molecular complexity index is 1480. The number of fused-ring (bicyclic) bond motifs is 1. The number of carboxylic acids is 1. The minimum absolute atomic E-state index is 0.0135. The minimum atomic E-state index is -1.31. The molecular weight excluding hydrogens is 457 g/mol. The highest BCUT2D eigenvalue weighted by Gasteiger charge is 2.27. The number of nitro groups is 1. The maximum absolute atomic E-state index is 13.4.